The van der Waals surface area contributed by atoms with Crippen LogP contribution in [0.5, 0.6) is 0 Å². The maximum absolute atomic E-state index is 13.1. The molecule has 3 rings (SSSR count). The number of amides is 2. The molecule has 0 saturated heterocycles. The van der Waals surface area contributed by atoms with E-state index in [9.17, 15) is 14.7 Å². The second-order valence-corrected chi connectivity index (χ2v) is 20.5. The number of halogens is 1. The van der Waals surface area contributed by atoms with Crippen LogP contribution in [0.25, 0.3) is 0 Å². The number of ether oxygens (including phenoxy) is 1. The van der Waals surface area contributed by atoms with E-state index in [0.29, 0.717) is 23.7 Å². The fourth-order valence-electron chi connectivity index (χ4n) is 5.09. The summed E-state index contributed by atoms with van der Waals surface area (Å²) in [5, 5.41) is 13.3. The molecule has 2 amide bonds. The molecule has 3 unspecified atom stereocenters. The normalized spacial score (nSPS) is 14.1. The predicted molar refractivity (Wildman–Crippen MR) is 198 cm³/mol. The number of pyridine rings is 2. The van der Waals surface area contributed by atoms with Crippen molar-refractivity contribution in [3.63, 3.8) is 0 Å². The summed E-state index contributed by atoms with van der Waals surface area (Å²) in [6.07, 6.45) is 6.70. The van der Waals surface area contributed by atoms with Gasteiger partial charge in [-0.2, -0.15) is 0 Å². The summed E-state index contributed by atoms with van der Waals surface area (Å²) in [7, 11) is -0.515. The molecule has 0 aliphatic carbocycles. The molecule has 0 radical (unpaired) electrons. The van der Waals surface area contributed by atoms with Crippen molar-refractivity contribution in [3.8, 4) is 0 Å². The highest BCUT2D eigenvalue weighted by molar-refractivity contribution is 6.74. The van der Waals surface area contributed by atoms with Crippen molar-refractivity contribution in [1.29, 1.82) is 0 Å². The summed E-state index contributed by atoms with van der Waals surface area (Å²) in [6.45, 7) is 18.6. The van der Waals surface area contributed by atoms with E-state index in [-0.39, 0.29) is 17.0 Å². The molecule has 0 bridgehead atoms. The summed E-state index contributed by atoms with van der Waals surface area (Å²) in [5.74, 6) is -0.0884. The first kappa shape index (κ1) is 40.1. The van der Waals surface area contributed by atoms with Crippen LogP contribution in [0, 0.1) is 0 Å². The monoisotopic (exact) mass is 710 g/mol. The van der Waals surface area contributed by atoms with E-state index in [1.807, 2.05) is 57.2 Å². The van der Waals surface area contributed by atoms with Gasteiger partial charge in [0.25, 0.3) is 5.91 Å². The number of benzene rings is 1. The molecule has 0 saturated carbocycles. The van der Waals surface area contributed by atoms with Gasteiger partial charge in [-0.3, -0.25) is 9.78 Å². The van der Waals surface area contributed by atoms with Gasteiger partial charge in [0, 0.05) is 43.3 Å². The summed E-state index contributed by atoms with van der Waals surface area (Å²) in [6, 6.07) is 12.9. The molecule has 0 aliphatic heterocycles. The number of carbonyl (C=O) groups is 2. The number of hydrogen-bond donors (Lipinski definition) is 2. The van der Waals surface area contributed by atoms with Crippen LogP contribution in [0.4, 0.5) is 4.79 Å². The van der Waals surface area contributed by atoms with Gasteiger partial charge in [-0.1, -0.05) is 57.0 Å². The maximum Gasteiger partial charge on any atom is 0.407 e. The van der Waals surface area contributed by atoms with Crippen LogP contribution in [0.15, 0.2) is 61.1 Å². The molecule has 2 heterocycles. The van der Waals surface area contributed by atoms with Crippen molar-refractivity contribution in [1.82, 2.24) is 20.2 Å². The van der Waals surface area contributed by atoms with Gasteiger partial charge >= 0.3 is 6.09 Å². The number of nitrogens with one attached hydrogen (secondary N) is 1. The Bertz CT molecular complexity index is 1520. The number of hydrogen-bond acceptors (Lipinski definition) is 7. The van der Waals surface area contributed by atoms with Crippen molar-refractivity contribution in [3.05, 3.63) is 94.0 Å². The number of rotatable bonds is 14. The van der Waals surface area contributed by atoms with Crippen molar-refractivity contribution in [2.75, 3.05) is 7.05 Å². The first-order valence-corrected chi connectivity index (χ1v) is 20.3. The molecule has 0 fully saturated rings. The van der Waals surface area contributed by atoms with E-state index in [2.05, 4.69) is 49.1 Å². The fourth-order valence-corrected chi connectivity index (χ4v) is 6.49. The largest absolute Gasteiger partial charge is 0.444 e. The van der Waals surface area contributed by atoms with Gasteiger partial charge < -0.3 is 24.5 Å². The van der Waals surface area contributed by atoms with Crippen LogP contribution in [0.2, 0.25) is 23.3 Å². The molecular weight excluding hydrogens is 656 g/mol. The van der Waals surface area contributed by atoms with Crippen LogP contribution in [0.3, 0.4) is 0 Å². The Balaban J connectivity index is 1.70. The van der Waals surface area contributed by atoms with Gasteiger partial charge in [-0.25, -0.2) is 9.78 Å². The summed E-state index contributed by atoms with van der Waals surface area (Å²) < 4.78 is 12.6. The number of carbonyl (C=O) groups excluding carboxylic acids is 2. The number of alkyl carbamates (subject to hydrolysis) is 1. The second-order valence-electron chi connectivity index (χ2n) is 15.4. The van der Waals surface area contributed by atoms with Gasteiger partial charge in [0.1, 0.15) is 10.8 Å². The highest BCUT2D eigenvalue weighted by Crippen LogP contribution is 2.41. The van der Waals surface area contributed by atoms with E-state index < -0.39 is 32.2 Å². The van der Waals surface area contributed by atoms with E-state index in [4.69, 9.17) is 20.8 Å². The second kappa shape index (κ2) is 17.1. The smallest absolute Gasteiger partial charge is 0.407 e. The molecule has 0 spiro atoms. The van der Waals surface area contributed by atoms with Crippen LogP contribution in [-0.4, -0.2) is 59.0 Å². The minimum Gasteiger partial charge on any atom is -0.444 e. The molecular formula is C38H55ClN4O5Si. The van der Waals surface area contributed by atoms with Gasteiger partial charge in [0.2, 0.25) is 0 Å². The third kappa shape index (κ3) is 12.5. The zero-order valence-corrected chi connectivity index (χ0v) is 32.6. The standard InChI is InChI=1S/C38H55ClN4O5Si/c1-26(44)31-21-28(22-40-23-31)25-43(8)35(45)29-17-15-27(16-18-29)13-11-12-14-32(42-36(46)47-37(2,3)4)34(30-19-20-33(39)41-24-30)48-49(9,10)38(5,6)7/h15-24,26,32,34,44H,11-14,25H2,1-10H3,(H,42,46). The molecule has 268 valence electrons. The number of aliphatic hydroxyl groups excluding tert-OH is 1. The first-order valence-electron chi connectivity index (χ1n) is 17.0. The summed E-state index contributed by atoms with van der Waals surface area (Å²) in [4.78, 5) is 36.4. The van der Waals surface area contributed by atoms with Gasteiger partial charge in [0.05, 0.1) is 18.2 Å². The lowest BCUT2D eigenvalue weighted by Crippen LogP contribution is -2.48. The number of aryl methyl sites for hydroxylation is 1. The van der Waals surface area contributed by atoms with E-state index in [1.165, 1.54) is 0 Å². The van der Waals surface area contributed by atoms with Crippen molar-refractivity contribution < 1.29 is 23.9 Å². The lowest BCUT2D eigenvalue weighted by molar-refractivity contribution is 0.0423. The average molecular weight is 711 g/mol. The summed E-state index contributed by atoms with van der Waals surface area (Å²) >= 11 is 6.15. The maximum atomic E-state index is 13.1. The Morgan fingerprint density at radius 1 is 0.959 bits per heavy atom. The molecule has 1 aromatic carbocycles. The molecule has 11 heteroatoms. The quantitative estimate of drug-likeness (QED) is 0.0976. The molecule has 0 aliphatic rings. The minimum absolute atomic E-state index is 0.0508. The highest BCUT2D eigenvalue weighted by atomic mass is 35.5. The van der Waals surface area contributed by atoms with Crippen LogP contribution < -0.4 is 5.32 Å². The lowest BCUT2D eigenvalue weighted by Gasteiger charge is -2.41. The van der Waals surface area contributed by atoms with Crippen LogP contribution in [-0.2, 0) is 22.1 Å². The van der Waals surface area contributed by atoms with Gasteiger partial charge in [-0.05, 0) is 106 Å². The molecule has 3 atom stereocenters. The number of unbranched alkanes of at least 4 members (excludes halogenated alkanes) is 1. The Labute approximate surface area is 298 Å². The molecule has 9 nitrogen and oxygen atoms in total. The SMILES string of the molecule is CC(O)c1cncc(CN(C)C(=O)c2ccc(CCCCC(NC(=O)OC(C)(C)C)C(O[Si](C)(C)C(C)(C)C)c3ccc(Cl)nc3)cc2)c1. The van der Waals surface area contributed by atoms with E-state index >= 15 is 0 Å². The van der Waals surface area contributed by atoms with E-state index in [1.54, 1.807) is 43.5 Å². The van der Waals surface area contributed by atoms with Crippen molar-refractivity contribution in [2.45, 2.75) is 123 Å². The van der Waals surface area contributed by atoms with Crippen LogP contribution >= 0.6 is 11.6 Å². The van der Waals surface area contributed by atoms with E-state index in [0.717, 1.165) is 41.5 Å². The molecule has 2 aromatic heterocycles. The molecule has 2 N–H and O–H groups in total. The fraction of sp³-hybridized carbons (Fsp3) is 0.526. The summed E-state index contributed by atoms with van der Waals surface area (Å²) in [5.41, 5.74) is 3.52. The third-order valence-electron chi connectivity index (χ3n) is 8.87. The highest BCUT2D eigenvalue weighted by Gasteiger charge is 2.42. The zero-order chi connectivity index (χ0) is 36.6. The molecule has 3 aromatic rings. The number of aromatic nitrogens is 2. The Morgan fingerprint density at radius 2 is 1.63 bits per heavy atom. The topological polar surface area (TPSA) is 114 Å². The Hall–Kier alpha value is -3.31. The predicted octanol–water partition coefficient (Wildman–Crippen LogP) is 8.82. The third-order valence-corrected chi connectivity index (χ3v) is 13.5. The number of aliphatic hydroxyl groups is 1. The Morgan fingerprint density at radius 3 is 2.20 bits per heavy atom. The first-order chi connectivity index (χ1) is 22.8. The van der Waals surface area contributed by atoms with Crippen LogP contribution in [0.1, 0.15) is 113 Å². The molecule has 49 heavy (non-hydrogen) atoms. The minimum atomic E-state index is -2.27. The Kier molecular flexibility index (Phi) is 14.0. The lowest BCUT2D eigenvalue weighted by atomic mass is 9.97. The van der Waals surface area contributed by atoms with Crippen molar-refractivity contribution >= 4 is 31.9 Å². The zero-order valence-electron chi connectivity index (χ0n) is 30.8. The van der Waals surface area contributed by atoms with Gasteiger partial charge in [-0.15, -0.1) is 0 Å². The van der Waals surface area contributed by atoms with Crippen molar-refractivity contribution in [2.24, 2.45) is 0 Å². The average Bonchev–Trinajstić information content (AvgIpc) is 3.00. The number of nitrogens with zero attached hydrogens (tertiary/aromatic N) is 3. The van der Waals surface area contributed by atoms with Gasteiger partial charge in [0.15, 0.2) is 8.32 Å².